The Kier molecular flexibility index (Phi) is 14.3. The average molecular weight is 554 g/mol. The topological polar surface area (TPSA) is 57.6 Å². The number of benzene rings is 4. The lowest BCUT2D eigenvalue weighted by Crippen LogP contribution is -2.30. The zero-order chi connectivity index (χ0) is 31.2. The Labute approximate surface area is 247 Å². The van der Waals surface area contributed by atoms with Crippen LogP contribution in [0.25, 0.3) is 0 Å². The lowest BCUT2D eigenvalue weighted by Gasteiger charge is -2.33. The molecule has 218 valence electrons. The number of rotatable bonds is 4. The Morgan fingerprint density at radius 1 is 0.561 bits per heavy atom. The number of fused-ring (bicyclic) bond motifs is 1. The average Bonchev–Trinajstić information content (AvgIpc) is 3.30. The van der Waals surface area contributed by atoms with Crippen LogP contribution in [0.2, 0.25) is 0 Å². The molecule has 0 fully saturated rings. The van der Waals surface area contributed by atoms with Crippen LogP contribution in [0.1, 0.15) is 105 Å². The molecule has 0 saturated carbocycles. The van der Waals surface area contributed by atoms with Crippen LogP contribution < -0.4 is 4.90 Å². The van der Waals surface area contributed by atoms with E-state index in [1.54, 1.807) is 42.5 Å². The van der Waals surface area contributed by atoms with E-state index in [0.29, 0.717) is 16.8 Å². The molecule has 4 heteroatoms. The predicted molar refractivity (Wildman–Crippen MR) is 174 cm³/mol. The van der Waals surface area contributed by atoms with Gasteiger partial charge in [0.25, 0.3) is 11.8 Å². The summed E-state index contributed by atoms with van der Waals surface area (Å²) in [5.41, 5.74) is 4.96. The van der Waals surface area contributed by atoms with Gasteiger partial charge in [0.05, 0.1) is 16.8 Å². The molecular weight excluding hydrogens is 506 g/mol. The minimum Gasteiger partial charge on any atom is -0.508 e. The molecule has 4 aromatic rings. The van der Waals surface area contributed by atoms with Crippen molar-refractivity contribution >= 4 is 17.5 Å². The number of phenolic OH excluding ortho intramolecular Hbond substituents is 1. The molecule has 1 atom stereocenters. The third kappa shape index (κ3) is 7.32. The van der Waals surface area contributed by atoms with Gasteiger partial charge in [-0.25, -0.2) is 4.90 Å². The van der Waals surface area contributed by atoms with E-state index in [9.17, 15) is 14.7 Å². The van der Waals surface area contributed by atoms with Gasteiger partial charge in [0.2, 0.25) is 0 Å². The second-order valence-electron chi connectivity index (χ2n) is 8.58. The van der Waals surface area contributed by atoms with E-state index < -0.39 is 5.41 Å². The largest absolute Gasteiger partial charge is 0.508 e. The maximum Gasteiger partial charge on any atom is 0.266 e. The lowest BCUT2D eigenvalue weighted by atomic mass is 9.71. The maximum atomic E-state index is 13.1. The fourth-order valence-electron chi connectivity index (χ4n) is 4.56. The predicted octanol–water partition coefficient (Wildman–Crippen LogP) is 9.96. The minimum absolute atomic E-state index is 0.199. The minimum atomic E-state index is -0.573. The Hall–Kier alpha value is -4.18. The molecule has 0 aromatic heterocycles. The molecule has 4 aromatic carbocycles. The number of aryl methyl sites for hydroxylation is 1. The number of anilines is 1. The summed E-state index contributed by atoms with van der Waals surface area (Å²) in [6.07, 6.45) is 0. The van der Waals surface area contributed by atoms with Crippen LogP contribution in [0.15, 0.2) is 97.1 Å². The first-order chi connectivity index (χ1) is 19.9. The number of imide groups is 1. The van der Waals surface area contributed by atoms with Gasteiger partial charge < -0.3 is 5.11 Å². The Bertz CT molecular complexity index is 1290. The van der Waals surface area contributed by atoms with Gasteiger partial charge in [-0.05, 0) is 66.9 Å². The summed E-state index contributed by atoms with van der Waals surface area (Å²) in [5.74, 6) is -0.423. The molecule has 1 aliphatic rings. The molecule has 0 spiro atoms. The summed E-state index contributed by atoms with van der Waals surface area (Å²) >= 11 is 0. The van der Waals surface area contributed by atoms with Crippen molar-refractivity contribution in [3.05, 3.63) is 130 Å². The molecule has 4 nitrogen and oxygen atoms in total. The molecule has 1 heterocycles. The van der Waals surface area contributed by atoms with Crippen molar-refractivity contribution in [3.63, 3.8) is 0 Å². The number of hydrogen-bond acceptors (Lipinski definition) is 3. The van der Waals surface area contributed by atoms with E-state index in [0.717, 1.165) is 22.3 Å². The summed E-state index contributed by atoms with van der Waals surface area (Å²) in [4.78, 5) is 27.4. The fourth-order valence-corrected chi connectivity index (χ4v) is 4.56. The van der Waals surface area contributed by atoms with Gasteiger partial charge in [-0.3, -0.25) is 9.59 Å². The van der Waals surface area contributed by atoms with Crippen molar-refractivity contribution in [3.8, 4) is 5.75 Å². The van der Waals surface area contributed by atoms with Crippen LogP contribution in [0.4, 0.5) is 5.69 Å². The molecule has 0 radical (unpaired) electrons. The summed E-state index contributed by atoms with van der Waals surface area (Å²) in [7, 11) is 0. The highest BCUT2D eigenvalue weighted by Crippen LogP contribution is 2.41. The van der Waals surface area contributed by atoms with Crippen LogP contribution in [-0.4, -0.2) is 16.9 Å². The van der Waals surface area contributed by atoms with Gasteiger partial charge in [-0.1, -0.05) is 122 Å². The Morgan fingerprint density at radius 2 is 1.00 bits per heavy atom. The fraction of sp³-hybridized carbons (Fsp3) is 0.297. The van der Waals surface area contributed by atoms with Gasteiger partial charge in [-0.2, -0.15) is 0 Å². The van der Waals surface area contributed by atoms with Crippen LogP contribution in [0.3, 0.4) is 0 Å². The molecule has 2 amide bonds. The Balaban J connectivity index is 0.000000969. The number of hydrogen-bond donors (Lipinski definition) is 1. The highest BCUT2D eigenvalue weighted by Gasteiger charge is 2.38. The number of nitrogens with zero attached hydrogens (tertiary/aromatic N) is 1. The third-order valence-electron chi connectivity index (χ3n) is 6.55. The van der Waals surface area contributed by atoms with Crippen molar-refractivity contribution in [2.45, 2.75) is 74.7 Å². The molecule has 0 bridgehead atoms. The van der Waals surface area contributed by atoms with E-state index in [1.165, 1.54) is 4.90 Å². The van der Waals surface area contributed by atoms with Crippen LogP contribution in [0.5, 0.6) is 5.75 Å². The highest BCUT2D eigenvalue weighted by molar-refractivity contribution is 6.34. The first-order valence-electron chi connectivity index (χ1n) is 14.8. The third-order valence-corrected chi connectivity index (χ3v) is 6.55. The van der Waals surface area contributed by atoms with Gasteiger partial charge in [0, 0.05) is 5.41 Å². The van der Waals surface area contributed by atoms with Gasteiger partial charge in [-0.15, -0.1) is 0 Å². The number of amides is 2. The van der Waals surface area contributed by atoms with Crippen molar-refractivity contribution in [1.29, 1.82) is 0 Å². The number of carbonyl (C=O) groups is 2. The van der Waals surface area contributed by atoms with E-state index in [-0.39, 0.29) is 17.6 Å². The van der Waals surface area contributed by atoms with Gasteiger partial charge in [0.1, 0.15) is 5.75 Å². The molecule has 1 N–H and O–H groups in total. The molecule has 41 heavy (non-hydrogen) atoms. The zero-order valence-corrected chi connectivity index (χ0v) is 26.4. The van der Waals surface area contributed by atoms with Crippen LogP contribution >= 0.6 is 0 Å². The maximum absolute atomic E-state index is 13.1. The first kappa shape index (κ1) is 34.8. The van der Waals surface area contributed by atoms with Crippen LogP contribution in [-0.2, 0) is 5.41 Å². The van der Waals surface area contributed by atoms with Gasteiger partial charge in [0.15, 0.2) is 0 Å². The normalized spacial score (nSPS) is 12.5. The molecule has 1 aliphatic heterocycles. The monoisotopic (exact) mass is 553 g/mol. The van der Waals surface area contributed by atoms with E-state index >= 15 is 0 Å². The summed E-state index contributed by atoms with van der Waals surface area (Å²) < 4.78 is 0. The standard InChI is InChI=1S/C29H23NO3.4C2H6/c1-19-10-12-20(13-11-19)29(2,21-14-16-24(31)17-15-21)22-6-5-7-23(18-22)30-27(32)25-8-3-4-9-26(25)28(30)33;4*1-2/h3-18,31H,1-2H3;4*1-2H3. The van der Waals surface area contributed by atoms with Gasteiger partial charge >= 0.3 is 0 Å². The molecule has 1 unspecified atom stereocenters. The van der Waals surface area contributed by atoms with Crippen molar-refractivity contribution in [1.82, 2.24) is 0 Å². The number of carbonyl (C=O) groups excluding carboxylic acids is 2. The molecule has 0 saturated heterocycles. The summed E-state index contributed by atoms with van der Waals surface area (Å²) in [5, 5.41) is 9.85. The summed E-state index contributed by atoms with van der Waals surface area (Å²) in [6, 6.07) is 30.0. The SMILES string of the molecule is CC.CC.CC.CC.Cc1ccc(C(C)(c2ccc(O)cc2)c2cccc(N3C(=O)c4ccccc4C3=O)c2)cc1. The quantitative estimate of drug-likeness (QED) is 0.202. The number of aromatic hydroxyl groups is 1. The van der Waals surface area contributed by atoms with Crippen LogP contribution in [0, 0.1) is 6.92 Å². The molecule has 0 aliphatic carbocycles. The molecular formula is C37H47NO3. The molecule has 5 rings (SSSR count). The Morgan fingerprint density at radius 3 is 1.46 bits per heavy atom. The van der Waals surface area contributed by atoms with Crippen molar-refractivity contribution < 1.29 is 14.7 Å². The second-order valence-corrected chi connectivity index (χ2v) is 8.58. The van der Waals surface area contributed by atoms with Crippen molar-refractivity contribution in [2.75, 3.05) is 4.90 Å². The highest BCUT2D eigenvalue weighted by atomic mass is 16.3. The van der Waals surface area contributed by atoms with E-state index in [1.807, 2.05) is 92.6 Å². The lowest BCUT2D eigenvalue weighted by molar-refractivity contribution is 0.0926. The second kappa shape index (κ2) is 16.8. The number of phenols is 1. The smallest absolute Gasteiger partial charge is 0.266 e. The summed E-state index contributed by atoms with van der Waals surface area (Å²) in [6.45, 7) is 20.2. The van der Waals surface area contributed by atoms with E-state index in [4.69, 9.17) is 0 Å². The van der Waals surface area contributed by atoms with E-state index in [2.05, 4.69) is 31.2 Å². The first-order valence-corrected chi connectivity index (χ1v) is 14.8. The van der Waals surface area contributed by atoms with Crippen molar-refractivity contribution in [2.24, 2.45) is 0 Å². The zero-order valence-electron chi connectivity index (χ0n) is 26.4.